The van der Waals surface area contributed by atoms with E-state index in [0.29, 0.717) is 4.34 Å². The zero-order valence-corrected chi connectivity index (χ0v) is 15.2. The van der Waals surface area contributed by atoms with Crippen molar-refractivity contribution in [2.75, 3.05) is 13.1 Å². The fourth-order valence-corrected chi connectivity index (χ4v) is 5.10. The molecule has 0 unspecified atom stereocenters. The third-order valence-corrected chi connectivity index (χ3v) is 7.16. The Kier molecular flexibility index (Phi) is 5.14. The van der Waals surface area contributed by atoms with Crippen LogP contribution in [0.25, 0.3) is 0 Å². The Labute approximate surface area is 149 Å². The highest BCUT2D eigenvalue weighted by Gasteiger charge is 2.33. The first-order chi connectivity index (χ1) is 11.3. The Morgan fingerprint density at radius 1 is 1.08 bits per heavy atom. The number of nitrogens with zero attached hydrogens (tertiary/aromatic N) is 1. The lowest BCUT2D eigenvalue weighted by atomic mass is 10.5. The summed E-state index contributed by atoms with van der Waals surface area (Å²) in [4.78, 5) is 24.1. The van der Waals surface area contributed by atoms with E-state index in [1.807, 2.05) is 0 Å². The molecule has 2 aliphatic rings. The molecule has 2 fully saturated rings. The number of amides is 2. The summed E-state index contributed by atoms with van der Waals surface area (Å²) in [5, 5.41) is 5.48. The van der Waals surface area contributed by atoms with Crippen molar-refractivity contribution in [3.05, 3.63) is 16.5 Å². The number of sulfonamides is 1. The number of carbonyl (C=O) groups is 2. The van der Waals surface area contributed by atoms with Crippen LogP contribution in [0, 0.1) is 0 Å². The maximum absolute atomic E-state index is 12.7. The van der Waals surface area contributed by atoms with E-state index >= 15 is 0 Å². The molecule has 3 rings (SSSR count). The van der Waals surface area contributed by atoms with E-state index < -0.39 is 21.8 Å². The molecule has 0 aliphatic heterocycles. The third-order valence-electron chi connectivity index (χ3n) is 3.67. The van der Waals surface area contributed by atoms with E-state index in [1.54, 1.807) is 0 Å². The third kappa shape index (κ3) is 4.69. The highest BCUT2D eigenvalue weighted by Crippen LogP contribution is 2.28. The zero-order chi connectivity index (χ0) is 17.3. The van der Waals surface area contributed by atoms with Gasteiger partial charge < -0.3 is 10.6 Å². The highest BCUT2D eigenvalue weighted by molar-refractivity contribution is 7.91. The monoisotopic (exact) mass is 391 g/mol. The van der Waals surface area contributed by atoms with Gasteiger partial charge in [0.25, 0.3) is 10.0 Å². The first-order valence-corrected chi connectivity index (χ1v) is 10.3. The summed E-state index contributed by atoms with van der Waals surface area (Å²) >= 11 is 6.72. The molecule has 0 radical (unpaired) electrons. The van der Waals surface area contributed by atoms with Gasteiger partial charge in [-0.05, 0) is 37.8 Å². The van der Waals surface area contributed by atoms with Crippen LogP contribution in [-0.2, 0) is 19.6 Å². The standard InChI is InChI=1S/C14H18ClN3O4S2/c15-11-5-6-14(23-11)24(21,22)18(7-12(19)16-9-1-2-9)8-13(20)17-10-3-4-10/h5-6,9-10H,1-4,7-8H2,(H,16,19)(H,17,20). The number of hydrogen-bond acceptors (Lipinski definition) is 5. The fraction of sp³-hybridized carbons (Fsp3) is 0.571. The van der Waals surface area contributed by atoms with Gasteiger partial charge in [-0.1, -0.05) is 11.6 Å². The van der Waals surface area contributed by atoms with Crippen LogP contribution in [0.3, 0.4) is 0 Å². The van der Waals surface area contributed by atoms with Crippen LogP contribution in [0.1, 0.15) is 25.7 Å². The number of rotatable bonds is 8. The zero-order valence-electron chi connectivity index (χ0n) is 12.8. The molecule has 24 heavy (non-hydrogen) atoms. The van der Waals surface area contributed by atoms with Crippen molar-refractivity contribution in [1.82, 2.24) is 14.9 Å². The van der Waals surface area contributed by atoms with Gasteiger partial charge in [-0.25, -0.2) is 8.42 Å². The van der Waals surface area contributed by atoms with Crippen LogP contribution in [0.5, 0.6) is 0 Å². The van der Waals surface area contributed by atoms with Crippen molar-refractivity contribution in [1.29, 1.82) is 0 Å². The number of thiophene rings is 1. The number of hydrogen-bond donors (Lipinski definition) is 2. The number of nitrogens with one attached hydrogen (secondary N) is 2. The Bertz CT molecular complexity index is 713. The lowest BCUT2D eigenvalue weighted by Crippen LogP contribution is -2.46. The minimum absolute atomic E-state index is 0.0194. The van der Waals surface area contributed by atoms with Crippen molar-refractivity contribution in [3.63, 3.8) is 0 Å². The van der Waals surface area contributed by atoms with Crippen LogP contribution < -0.4 is 10.6 Å². The predicted octanol–water partition coefficient (Wildman–Crippen LogP) is 0.949. The second-order valence-electron chi connectivity index (χ2n) is 6.02. The molecule has 2 saturated carbocycles. The lowest BCUT2D eigenvalue weighted by molar-refractivity contribution is -0.123. The maximum Gasteiger partial charge on any atom is 0.253 e. The predicted molar refractivity (Wildman–Crippen MR) is 90.4 cm³/mol. The molecule has 132 valence electrons. The minimum atomic E-state index is -3.96. The summed E-state index contributed by atoms with van der Waals surface area (Å²) in [5.74, 6) is -0.800. The van der Waals surface area contributed by atoms with Crippen LogP contribution in [0.2, 0.25) is 4.34 Å². The molecule has 10 heteroatoms. The van der Waals surface area contributed by atoms with Crippen molar-refractivity contribution in [3.8, 4) is 0 Å². The van der Waals surface area contributed by atoms with Crippen molar-refractivity contribution >= 4 is 44.8 Å². The average molecular weight is 392 g/mol. The summed E-state index contributed by atoms with van der Waals surface area (Å²) in [6.07, 6.45) is 3.62. The molecule has 0 saturated heterocycles. The molecule has 0 bridgehead atoms. The SMILES string of the molecule is O=C(CN(CC(=O)NC1CC1)S(=O)(=O)c1ccc(Cl)s1)NC1CC1. The molecule has 2 aliphatic carbocycles. The first kappa shape index (κ1) is 17.7. The van der Waals surface area contributed by atoms with Crippen LogP contribution in [0.15, 0.2) is 16.3 Å². The van der Waals surface area contributed by atoms with Gasteiger partial charge >= 0.3 is 0 Å². The topological polar surface area (TPSA) is 95.6 Å². The van der Waals surface area contributed by atoms with E-state index in [1.165, 1.54) is 12.1 Å². The second-order valence-corrected chi connectivity index (χ2v) is 9.90. The Hall–Kier alpha value is -1.16. The molecule has 1 aromatic heterocycles. The lowest BCUT2D eigenvalue weighted by Gasteiger charge is -2.20. The molecule has 2 N–H and O–H groups in total. The van der Waals surface area contributed by atoms with Crippen molar-refractivity contribution in [2.24, 2.45) is 0 Å². The summed E-state index contributed by atoms with van der Waals surface area (Å²) in [7, 11) is -3.96. The average Bonchev–Trinajstić information content (AvgIpc) is 3.41. The molecule has 1 aromatic rings. The van der Waals surface area contributed by atoms with Gasteiger partial charge in [0.1, 0.15) is 4.21 Å². The van der Waals surface area contributed by atoms with Crippen molar-refractivity contribution in [2.45, 2.75) is 42.0 Å². The Morgan fingerprint density at radius 2 is 1.58 bits per heavy atom. The molecule has 0 spiro atoms. The van der Waals surface area contributed by atoms with E-state index in [9.17, 15) is 18.0 Å². The van der Waals surface area contributed by atoms with Crippen molar-refractivity contribution < 1.29 is 18.0 Å². The normalized spacial score (nSPS) is 17.8. The van der Waals surface area contributed by atoms with Gasteiger partial charge in [0.05, 0.1) is 17.4 Å². The quantitative estimate of drug-likeness (QED) is 0.689. The van der Waals surface area contributed by atoms with E-state index in [-0.39, 0.29) is 29.4 Å². The summed E-state index contributed by atoms with van der Waals surface area (Å²) in [5.41, 5.74) is 0. The van der Waals surface area contributed by atoms with Gasteiger partial charge in [-0.15, -0.1) is 11.3 Å². The molecule has 0 atom stereocenters. The number of carbonyl (C=O) groups excluding carboxylic acids is 2. The molecule has 7 nitrogen and oxygen atoms in total. The Balaban J connectivity index is 1.73. The molecular weight excluding hydrogens is 374 g/mol. The van der Waals surface area contributed by atoms with Crippen LogP contribution >= 0.6 is 22.9 Å². The second kappa shape index (κ2) is 6.99. The summed E-state index contributed by atoms with van der Waals surface area (Å²) in [6.45, 7) is -0.765. The largest absolute Gasteiger partial charge is 0.352 e. The fourth-order valence-electron chi connectivity index (χ4n) is 2.11. The molecule has 0 aromatic carbocycles. The van der Waals surface area contributed by atoms with Gasteiger partial charge in [0.2, 0.25) is 11.8 Å². The van der Waals surface area contributed by atoms with Gasteiger partial charge in [0.15, 0.2) is 0 Å². The number of halogens is 1. The highest BCUT2D eigenvalue weighted by atomic mass is 35.5. The van der Waals surface area contributed by atoms with Gasteiger partial charge in [-0.3, -0.25) is 9.59 Å². The molecule has 1 heterocycles. The minimum Gasteiger partial charge on any atom is -0.352 e. The van der Waals surface area contributed by atoms with Crippen LogP contribution in [-0.4, -0.2) is 49.7 Å². The van der Waals surface area contributed by atoms with Gasteiger partial charge in [0, 0.05) is 12.1 Å². The smallest absolute Gasteiger partial charge is 0.253 e. The van der Waals surface area contributed by atoms with Crippen LogP contribution in [0.4, 0.5) is 0 Å². The van der Waals surface area contributed by atoms with E-state index in [4.69, 9.17) is 11.6 Å². The summed E-state index contributed by atoms with van der Waals surface area (Å²) < 4.78 is 26.7. The Morgan fingerprint density at radius 3 is 1.96 bits per heavy atom. The molecular formula is C14H18ClN3O4S2. The van der Waals surface area contributed by atoms with Gasteiger partial charge in [-0.2, -0.15) is 4.31 Å². The van der Waals surface area contributed by atoms with E-state index in [0.717, 1.165) is 41.3 Å². The maximum atomic E-state index is 12.7. The molecule has 2 amide bonds. The first-order valence-electron chi connectivity index (χ1n) is 7.69. The summed E-state index contributed by atoms with van der Waals surface area (Å²) in [6, 6.07) is 3.11. The van der Waals surface area contributed by atoms with E-state index in [2.05, 4.69) is 10.6 Å².